The summed E-state index contributed by atoms with van der Waals surface area (Å²) >= 11 is 7.35. The zero-order valence-corrected chi connectivity index (χ0v) is 17.6. The van der Waals surface area contributed by atoms with Crippen molar-refractivity contribution in [3.63, 3.8) is 0 Å². The van der Waals surface area contributed by atoms with Crippen LogP contribution in [-0.4, -0.2) is 23.9 Å². The molecule has 0 saturated carbocycles. The van der Waals surface area contributed by atoms with Crippen LogP contribution in [-0.2, 0) is 15.3 Å². The molecule has 7 heteroatoms. The van der Waals surface area contributed by atoms with Crippen LogP contribution in [0.3, 0.4) is 0 Å². The van der Waals surface area contributed by atoms with Gasteiger partial charge < -0.3 is 15.2 Å². The van der Waals surface area contributed by atoms with Crippen molar-refractivity contribution in [3.05, 3.63) is 81.3 Å². The van der Waals surface area contributed by atoms with E-state index in [-0.39, 0.29) is 6.61 Å². The fraction of sp³-hybridized carbons (Fsp3) is 0.273. The SMILES string of the molecule is CCOC(=O)[C@@H]1[C@@H](c2ccc(Cl)cc2)C(C#N)=C(SC)N[C@@]1(O)c1ccccc1. The van der Waals surface area contributed by atoms with Gasteiger partial charge in [0.25, 0.3) is 0 Å². The topological polar surface area (TPSA) is 82.4 Å². The van der Waals surface area contributed by atoms with Crippen molar-refractivity contribution in [1.82, 2.24) is 5.32 Å². The van der Waals surface area contributed by atoms with Gasteiger partial charge in [0, 0.05) is 16.5 Å². The first-order valence-corrected chi connectivity index (χ1v) is 10.7. The molecule has 0 spiro atoms. The Bertz CT molecular complexity index is 956. The number of hydrogen-bond donors (Lipinski definition) is 2. The molecular formula is C22H21ClN2O3S. The van der Waals surface area contributed by atoms with Crippen LogP contribution in [0, 0.1) is 17.2 Å². The van der Waals surface area contributed by atoms with E-state index < -0.39 is 23.5 Å². The molecule has 0 fully saturated rings. The van der Waals surface area contributed by atoms with Gasteiger partial charge in [-0.3, -0.25) is 4.79 Å². The Hall–Kier alpha value is -2.46. The molecule has 2 N–H and O–H groups in total. The van der Waals surface area contributed by atoms with Gasteiger partial charge in [-0.05, 0) is 30.9 Å². The molecular weight excluding hydrogens is 408 g/mol. The smallest absolute Gasteiger partial charge is 0.315 e. The lowest BCUT2D eigenvalue weighted by molar-refractivity contribution is -0.164. The summed E-state index contributed by atoms with van der Waals surface area (Å²) in [7, 11) is 0. The maximum absolute atomic E-state index is 13.1. The summed E-state index contributed by atoms with van der Waals surface area (Å²) in [4.78, 5) is 13.1. The van der Waals surface area contributed by atoms with Crippen LogP contribution in [0.2, 0.25) is 5.02 Å². The summed E-state index contributed by atoms with van der Waals surface area (Å²) in [5.74, 6) is -2.36. The van der Waals surface area contributed by atoms with Gasteiger partial charge in [-0.15, -0.1) is 11.8 Å². The van der Waals surface area contributed by atoms with Gasteiger partial charge in [-0.2, -0.15) is 5.26 Å². The third kappa shape index (κ3) is 3.99. The Labute approximate surface area is 179 Å². The minimum atomic E-state index is -1.75. The van der Waals surface area contributed by atoms with Gasteiger partial charge in [-0.1, -0.05) is 54.1 Å². The number of hydrogen-bond acceptors (Lipinski definition) is 6. The van der Waals surface area contributed by atoms with E-state index in [0.29, 0.717) is 26.8 Å². The van der Waals surface area contributed by atoms with E-state index in [4.69, 9.17) is 16.3 Å². The summed E-state index contributed by atoms with van der Waals surface area (Å²) in [5, 5.41) is 25.8. The van der Waals surface area contributed by atoms with Gasteiger partial charge in [0.15, 0.2) is 5.72 Å². The van der Waals surface area contributed by atoms with Crippen LogP contribution in [0.5, 0.6) is 0 Å². The zero-order chi connectivity index (χ0) is 21.0. The molecule has 0 aromatic heterocycles. The Morgan fingerprint density at radius 3 is 2.48 bits per heavy atom. The molecule has 0 radical (unpaired) electrons. The molecule has 0 unspecified atom stereocenters. The van der Waals surface area contributed by atoms with Gasteiger partial charge in [0.2, 0.25) is 0 Å². The van der Waals surface area contributed by atoms with Gasteiger partial charge in [-0.25, -0.2) is 0 Å². The molecule has 150 valence electrons. The van der Waals surface area contributed by atoms with Crippen molar-refractivity contribution in [2.24, 2.45) is 5.92 Å². The fourth-order valence-electron chi connectivity index (χ4n) is 3.66. The van der Waals surface area contributed by atoms with E-state index in [1.807, 2.05) is 12.3 Å². The van der Waals surface area contributed by atoms with Crippen molar-refractivity contribution in [2.45, 2.75) is 18.6 Å². The number of thioether (sulfide) groups is 1. The quantitative estimate of drug-likeness (QED) is 0.696. The molecule has 0 amide bonds. The van der Waals surface area contributed by atoms with Crippen LogP contribution in [0.1, 0.15) is 24.0 Å². The summed E-state index contributed by atoms with van der Waals surface area (Å²) in [5.41, 5.74) is -0.165. The third-order valence-corrected chi connectivity index (χ3v) is 5.93. The molecule has 5 nitrogen and oxygen atoms in total. The predicted molar refractivity (Wildman–Crippen MR) is 114 cm³/mol. The molecule has 0 aliphatic carbocycles. The lowest BCUT2D eigenvalue weighted by Gasteiger charge is -2.45. The second-order valence-corrected chi connectivity index (χ2v) is 7.83. The van der Waals surface area contributed by atoms with E-state index in [1.165, 1.54) is 11.8 Å². The summed E-state index contributed by atoms with van der Waals surface area (Å²) in [6, 6.07) is 18.1. The number of allylic oxidation sites excluding steroid dienone is 1. The first-order chi connectivity index (χ1) is 14.0. The maximum atomic E-state index is 13.1. The highest BCUT2D eigenvalue weighted by atomic mass is 35.5. The molecule has 0 bridgehead atoms. The minimum Gasteiger partial charge on any atom is -0.466 e. The molecule has 0 saturated heterocycles. The molecule has 2 aromatic rings. The van der Waals surface area contributed by atoms with E-state index in [2.05, 4.69) is 11.4 Å². The lowest BCUT2D eigenvalue weighted by Crippen LogP contribution is -2.56. The first-order valence-electron chi connectivity index (χ1n) is 9.12. The number of benzene rings is 2. The van der Waals surface area contributed by atoms with Crippen LogP contribution < -0.4 is 5.32 Å². The highest BCUT2D eigenvalue weighted by Gasteiger charge is 2.54. The molecule has 1 heterocycles. The summed E-state index contributed by atoms with van der Waals surface area (Å²) in [6.45, 7) is 1.87. The first kappa shape index (κ1) is 21.3. The molecule has 29 heavy (non-hydrogen) atoms. The monoisotopic (exact) mass is 428 g/mol. The van der Waals surface area contributed by atoms with Crippen LogP contribution in [0.25, 0.3) is 0 Å². The number of ether oxygens (including phenoxy) is 1. The van der Waals surface area contributed by atoms with Crippen molar-refractivity contribution < 1.29 is 14.6 Å². The average molecular weight is 429 g/mol. The second-order valence-electron chi connectivity index (χ2n) is 6.58. The number of nitriles is 1. The van der Waals surface area contributed by atoms with Crippen molar-refractivity contribution in [1.29, 1.82) is 5.26 Å². The number of halogens is 1. The minimum absolute atomic E-state index is 0.161. The van der Waals surface area contributed by atoms with E-state index >= 15 is 0 Å². The Balaban J connectivity index is 2.28. The van der Waals surface area contributed by atoms with Crippen LogP contribution in [0.4, 0.5) is 0 Å². The maximum Gasteiger partial charge on any atom is 0.315 e. The molecule has 2 aromatic carbocycles. The summed E-state index contributed by atoms with van der Waals surface area (Å²) in [6.07, 6.45) is 1.81. The number of esters is 1. The van der Waals surface area contributed by atoms with Gasteiger partial charge in [0.1, 0.15) is 5.92 Å². The number of carbonyl (C=O) groups excluding carboxylic acids is 1. The molecule has 3 rings (SSSR count). The van der Waals surface area contributed by atoms with Gasteiger partial charge in [0.05, 0.1) is 23.3 Å². The largest absolute Gasteiger partial charge is 0.466 e. The normalized spacial score (nSPS) is 23.8. The van der Waals surface area contributed by atoms with Crippen LogP contribution in [0.15, 0.2) is 65.2 Å². The second kappa shape index (κ2) is 8.91. The van der Waals surface area contributed by atoms with Crippen molar-refractivity contribution in [3.8, 4) is 6.07 Å². The third-order valence-electron chi connectivity index (χ3n) is 4.95. The number of nitrogens with one attached hydrogen (secondary N) is 1. The van der Waals surface area contributed by atoms with E-state index in [0.717, 1.165) is 0 Å². The Kier molecular flexibility index (Phi) is 6.53. The lowest BCUT2D eigenvalue weighted by atomic mass is 9.71. The number of carbonyl (C=O) groups is 1. The highest BCUT2D eigenvalue weighted by Crippen LogP contribution is 2.48. The van der Waals surface area contributed by atoms with Gasteiger partial charge >= 0.3 is 5.97 Å². The highest BCUT2D eigenvalue weighted by molar-refractivity contribution is 8.02. The number of aliphatic hydroxyl groups is 1. The standard InChI is InChI=1S/C22H21ClN2O3S/c1-3-28-21(26)19-18(14-9-11-16(23)12-10-14)17(13-24)20(29-2)25-22(19,27)15-7-5-4-6-8-15/h4-12,18-19,25,27H,3H2,1-2H3/t18-,19-,22+/m0/s1. The Morgan fingerprint density at radius 2 is 1.93 bits per heavy atom. The van der Waals surface area contributed by atoms with E-state index in [9.17, 15) is 15.2 Å². The number of rotatable bonds is 5. The van der Waals surface area contributed by atoms with Crippen molar-refractivity contribution >= 4 is 29.3 Å². The number of nitrogens with zero attached hydrogens (tertiary/aromatic N) is 1. The fourth-order valence-corrected chi connectivity index (χ4v) is 4.44. The predicted octanol–water partition coefficient (Wildman–Crippen LogP) is 4.15. The average Bonchev–Trinajstić information content (AvgIpc) is 2.74. The molecule has 1 aliphatic rings. The zero-order valence-electron chi connectivity index (χ0n) is 16.1. The van der Waals surface area contributed by atoms with E-state index in [1.54, 1.807) is 55.5 Å². The Morgan fingerprint density at radius 1 is 1.28 bits per heavy atom. The summed E-state index contributed by atoms with van der Waals surface area (Å²) < 4.78 is 5.33. The van der Waals surface area contributed by atoms with Crippen molar-refractivity contribution in [2.75, 3.05) is 12.9 Å². The van der Waals surface area contributed by atoms with Crippen LogP contribution >= 0.6 is 23.4 Å². The molecule has 1 aliphatic heterocycles. The molecule has 3 atom stereocenters.